The van der Waals surface area contributed by atoms with Gasteiger partial charge in [-0.2, -0.15) is 0 Å². The van der Waals surface area contributed by atoms with E-state index in [-0.39, 0.29) is 0 Å². The smallest absolute Gasteiger partial charge is 0.00852 e. The molecular formula is C16H18. The molecule has 0 N–H and O–H groups in total. The van der Waals surface area contributed by atoms with E-state index >= 15 is 0 Å². The Hall–Kier alpha value is -1.04. The van der Waals surface area contributed by atoms with Crippen molar-refractivity contribution >= 4 is 6.08 Å². The second-order valence-corrected chi connectivity index (χ2v) is 5.47. The van der Waals surface area contributed by atoms with E-state index < -0.39 is 0 Å². The Labute approximate surface area is 97.4 Å². The lowest BCUT2D eigenvalue weighted by Crippen LogP contribution is -2.11. The molecule has 0 aliphatic heterocycles. The van der Waals surface area contributed by atoms with E-state index in [9.17, 15) is 0 Å². The Balaban J connectivity index is 2.05. The van der Waals surface area contributed by atoms with Gasteiger partial charge < -0.3 is 0 Å². The summed E-state index contributed by atoms with van der Waals surface area (Å²) < 4.78 is 0. The molecule has 0 heterocycles. The van der Waals surface area contributed by atoms with Crippen molar-refractivity contribution in [2.75, 3.05) is 0 Å². The van der Waals surface area contributed by atoms with Gasteiger partial charge in [0.2, 0.25) is 0 Å². The highest BCUT2D eigenvalue weighted by Gasteiger charge is 2.27. The molecule has 3 aliphatic carbocycles. The zero-order chi connectivity index (χ0) is 10.5. The highest BCUT2D eigenvalue weighted by atomic mass is 14.3. The minimum absolute atomic E-state index is 1.21. The fraction of sp³-hybridized carbons (Fsp3) is 0.500. The lowest BCUT2D eigenvalue weighted by molar-refractivity contribution is 0.674. The van der Waals surface area contributed by atoms with Gasteiger partial charge in [0.05, 0.1) is 0 Å². The van der Waals surface area contributed by atoms with Crippen LogP contribution >= 0.6 is 0 Å². The summed E-state index contributed by atoms with van der Waals surface area (Å²) in [4.78, 5) is 0. The van der Waals surface area contributed by atoms with Crippen molar-refractivity contribution in [2.45, 2.75) is 51.4 Å². The molecule has 3 aliphatic rings. The molecule has 1 aromatic rings. The third-order valence-electron chi connectivity index (χ3n) is 4.67. The van der Waals surface area contributed by atoms with Crippen LogP contribution in [0.3, 0.4) is 0 Å². The lowest BCUT2D eigenvalue weighted by atomic mass is 9.81. The summed E-state index contributed by atoms with van der Waals surface area (Å²) in [5.74, 6) is 0. The fourth-order valence-corrected chi connectivity index (χ4v) is 4.02. The van der Waals surface area contributed by atoms with E-state index in [0.717, 1.165) is 0 Å². The van der Waals surface area contributed by atoms with E-state index in [0.29, 0.717) is 0 Å². The molecule has 0 heteroatoms. The monoisotopic (exact) mass is 210 g/mol. The zero-order valence-corrected chi connectivity index (χ0v) is 9.81. The molecule has 4 rings (SSSR count). The average molecular weight is 210 g/mol. The first-order valence-electron chi connectivity index (χ1n) is 6.80. The molecule has 0 fully saturated rings. The number of hydrogen-bond donors (Lipinski definition) is 0. The van der Waals surface area contributed by atoms with Gasteiger partial charge in [-0.1, -0.05) is 12.2 Å². The first-order valence-corrected chi connectivity index (χ1v) is 6.80. The van der Waals surface area contributed by atoms with Crippen LogP contribution in [0.4, 0.5) is 0 Å². The number of fused-ring (bicyclic) bond motifs is 6. The molecule has 0 unspecified atom stereocenters. The van der Waals surface area contributed by atoms with Crippen molar-refractivity contribution in [3.8, 4) is 0 Å². The standard InChI is InChI=1S/C16H18/c1-2-6-12-11(5-1)13-7-3-9-15(13)16-10-4-8-14(12)16/h3,9H,1-2,4-8,10H2. The highest BCUT2D eigenvalue weighted by Crippen LogP contribution is 2.40. The summed E-state index contributed by atoms with van der Waals surface area (Å²) in [7, 11) is 0. The average Bonchev–Trinajstić information content (AvgIpc) is 2.98. The molecule has 0 nitrogen and oxygen atoms in total. The van der Waals surface area contributed by atoms with Crippen molar-refractivity contribution in [3.63, 3.8) is 0 Å². The van der Waals surface area contributed by atoms with Gasteiger partial charge in [-0.15, -0.1) is 0 Å². The maximum atomic E-state index is 2.40. The van der Waals surface area contributed by atoms with Crippen LogP contribution in [0.5, 0.6) is 0 Å². The van der Waals surface area contributed by atoms with E-state index in [1.54, 1.807) is 33.4 Å². The summed E-state index contributed by atoms with van der Waals surface area (Å²) in [5.41, 5.74) is 10.4. The van der Waals surface area contributed by atoms with Crippen LogP contribution in [0.2, 0.25) is 0 Å². The van der Waals surface area contributed by atoms with E-state index in [2.05, 4.69) is 12.2 Å². The predicted molar refractivity (Wildman–Crippen MR) is 67.8 cm³/mol. The molecule has 0 aromatic heterocycles. The second-order valence-electron chi connectivity index (χ2n) is 5.47. The molecule has 0 bridgehead atoms. The number of allylic oxidation sites excluding steroid dienone is 1. The van der Waals surface area contributed by atoms with E-state index in [1.165, 1.54) is 51.4 Å². The molecule has 16 heavy (non-hydrogen) atoms. The van der Waals surface area contributed by atoms with Gasteiger partial charge in [0, 0.05) is 0 Å². The fourth-order valence-electron chi connectivity index (χ4n) is 4.02. The summed E-state index contributed by atoms with van der Waals surface area (Å²) in [6.07, 6.45) is 15.6. The van der Waals surface area contributed by atoms with E-state index in [4.69, 9.17) is 0 Å². The Kier molecular flexibility index (Phi) is 1.82. The Morgan fingerprint density at radius 1 is 0.625 bits per heavy atom. The van der Waals surface area contributed by atoms with Crippen LogP contribution in [0.15, 0.2) is 6.08 Å². The van der Waals surface area contributed by atoms with Crippen molar-refractivity contribution in [3.05, 3.63) is 39.5 Å². The van der Waals surface area contributed by atoms with Gasteiger partial charge in [-0.3, -0.25) is 0 Å². The topological polar surface area (TPSA) is 0 Å². The van der Waals surface area contributed by atoms with Gasteiger partial charge in [0.15, 0.2) is 0 Å². The zero-order valence-electron chi connectivity index (χ0n) is 9.81. The van der Waals surface area contributed by atoms with Gasteiger partial charge in [-0.05, 0) is 84.7 Å². The Bertz CT molecular complexity index is 484. The molecule has 0 atom stereocenters. The number of rotatable bonds is 0. The lowest BCUT2D eigenvalue weighted by Gasteiger charge is -2.24. The molecule has 0 amide bonds. The minimum Gasteiger partial charge on any atom is -0.0795 e. The largest absolute Gasteiger partial charge is 0.0795 e. The summed E-state index contributed by atoms with van der Waals surface area (Å²) in [6.45, 7) is 0. The first kappa shape index (κ1) is 9.04. The summed E-state index contributed by atoms with van der Waals surface area (Å²) in [6, 6.07) is 0. The molecule has 0 radical (unpaired) electrons. The number of benzene rings is 1. The maximum Gasteiger partial charge on any atom is -0.00852 e. The SMILES string of the molecule is C1=Cc2c(c3c(c4c2CCC4)CCCC3)C1. The maximum absolute atomic E-state index is 2.40. The van der Waals surface area contributed by atoms with Crippen molar-refractivity contribution in [1.29, 1.82) is 0 Å². The van der Waals surface area contributed by atoms with Gasteiger partial charge in [-0.25, -0.2) is 0 Å². The third-order valence-corrected chi connectivity index (χ3v) is 4.67. The van der Waals surface area contributed by atoms with Crippen LogP contribution in [0, 0.1) is 0 Å². The molecule has 0 saturated carbocycles. The first-order chi connectivity index (χ1) is 7.95. The Morgan fingerprint density at radius 3 is 2.12 bits per heavy atom. The highest BCUT2D eigenvalue weighted by molar-refractivity contribution is 5.70. The second kappa shape index (κ2) is 3.23. The predicted octanol–water partition coefficient (Wildman–Crippen LogP) is 3.62. The van der Waals surface area contributed by atoms with Crippen LogP contribution < -0.4 is 0 Å². The van der Waals surface area contributed by atoms with Gasteiger partial charge in [0.25, 0.3) is 0 Å². The van der Waals surface area contributed by atoms with Crippen molar-refractivity contribution in [2.24, 2.45) is 0 Å². The van der Waals surface area contributed by atoms with Crippen molar-refractivity contribution < 1.29 is 0 Å². The van der Waals surface area contributed by atoms with Crippen LogP contribution in [0.25, 0.3) is 6.08 Å². The van der Waals surface area contributed by atoms with E-state index in [1.807, 2.05) is 0 Å². The van der Waals surface area contributed by atoms with Gasteiger partial charge >= 0.3 is 0 Å². The molecule has 82 valence electrons. The Morgan fingerprint density at radius 2 is 1.25 bits per heavy atom. The molecule has 0 spiro atoms. The van der Waals surface area contributed by atoms with Gasteiger partial charge in [0.1, 0.15) is 0 Å². The normalized spacial score (nSPS) is 20.8. The summed E-state index contributed by atoms with van der Waals surface area (Å²) >= 11 is 0. The number of hydrogen-bond acceptors (Lipinski definition) is 0. The van der Waals surface area contributed by atoms with Crippen molar-refractivity contribution in [1.82, 2.24) is 0 Å². The molecule has 0 saturated heterocycles. The minimum atomic E-state index is 1.21. The van der Waals surface area contributed by atoms with Crippen LogP contribution in [0.1, 0.15) is 52.6 Å². The third kappa shape index (κ3) is 1.05. The van der Waals surface area contributed by atoms with Crippen LogP contribution in [-0.2, 0) is 32.1 Å². The quantitative estimate of drug-likeness (QED) is 0.613. The molecular weight excluding hydrogens is 192 g/mol. The molecule has 1 aromatic carbocycles. The van der Waals surface area contributed by atoms with Crippen LogP contribution in [-0.4, -0.2) is 0 Å². The summed E-state index contributed by atoms with van der Waals surface area (Å²) in [5, 5.41) is 0.